The Morgan fingerprint density at radius 3 is 2.83 bits per heavy atom. The van der Waals surface area contributed by atoms with Gasteiger partial charge in [0.2, 0.25) is 0 Å². The van der Waals surface area contributed by atoms with E-state index >= 15 is 0 Å². The molecular formula is C13H18N2O2S. The van der Waals surface area contributed by atoms with E-state index in [4.69, 9.17) is 0 Å². The lowest BCUT2D eigenvalue weighted by Gasteiger charge is -2.16. The number of para-hydroxylation sites is 1. The molecule has 4 nitrogen and oxygen atoms in total. The van der Waals surface area contributed by atoms with Crippen molar-refractivity contribution in [3.63, 3.8) is 0 Å². The molecule has 1 atom stereocenters. The molecule has 0 bridgehead atoms. The summed E-state index contributed by atoms with van der Waals surface area (Å²) in [6.45, 7) is 3.06. The van der Waals surface area contributed by atoms with Crippen LogP contribution in [0.4, 0.5) is 5.69 Å². The number of nitro benzene ring substituents is 1. The summed E-state index contributed by atoms with van der Waals surface area (Å²) in [5, 5.41) is 14.4. The Hall–Kier alpha value is -1.07. The van der Waals surface area contributed by atoms with Crippen LogP contribution in [-0.4, -0.2) is 23.3 Å². The highest BCUT2D eigenvalue weighted by atomic mass is 32.2. The zero-order chi connectivity index (χ0) is 13.0. The molecule has 1 unspecified atom stereocenters. The first-order valence-corrected chi connectivity index (χ1v) is 7.30. The normalized spacial score (nSPS) is 16.5. The van der Waals surface area contributed by atoms with Gasteiger partial charge < -0.3 is 5.32 Å². The molecule has 18 heavy (non-hydrogen) atoms. The van der Waals surface area contributed by atoms with Gasteiger partial charge in [-0.2, -0.15) is 0 Å². The molecule has 0 spiro atoms. The van der Waals surface area contributed by atoms with E-state index in [2.05, 4.69) is 12.2 Å². The number of hydrogen-bond donors (Lipinski definition) is 1. The van der Waals surface area contributed by atoms with E-state index in [0.29, 0.717) is 6.04 Å². The second-order valence-corrected chi connectivity index (χ2v) is 5.60. The second-order valence-electron chi connectivity index (χ2n) is 4.54. The summed E-state index contributed by atoms with van der Waals surface area (Å²) in [6, 6.07) is 7.46. The number of nitro groups is 1. The lowest BCUT2D eigenvalue weighted by molar-refractivity contribution is -0.387. The molecule has 2 rings (SSSR count). The number of thioether (sulfide) groups is 1. The summed E-state index contributed by atoms with van der Waals surface area (Å²) in [6.07, 6.45) is 2.57. The van der Waals surface area contributed by atoms with Crippen LogP contribution in [0.2, 0.25) is 0 Å². The van der Waals surface area contributed by atoms with Crippen LogP contribution in [0.15, 0.2) is 29.2 Å². The Labute approximate surface area is 111 Å². The molecule has 0 aromatic heterocycles. The van der Waals surface area contributed by atoms with Crippen molar-refractivity contribution in [1.29, 1.82) is 0 Å². The standard InChI is InChI=1S/C13H18N2O2S/c1-2-14-11(10-7-8-10)9-18-13-6-4-3-5-12(13)15(16)17/h3-6,10-11,14H,2,7-9H2,1H3. The van der Waals surface area contributed by atoms with Crippen LogP contribution in [0.1, 0.15) is 19.8 Å². The molecule has 98 valence electrons. The average molecular weight is 266 g/mol. The van der Waals surface area contributed by atoms with Gasteiger partial charge >= 0.3 is 0 Å². The van der Waals surface area contributed by atoms with Gasteiger partial charge in [0, 0.05) is 17.9 Å². The second kappa shape index (κ2) is 6.20. The summed E-state index contributed by atoms with van der Waals surface area (Å²) < 4.78 is 0. The SMILES string of the molecule is CCNC(CSc1ccccc1[N+](=O)[O-])C1CC1. The first-order chi connectivity index (χ1) is 8.72. The van der Waals surface area contributed by atoms with Crippen LogP contribution in [-0.2, 0) is 0 Å². The molecule has 0 radical (unpaired) electrons. The molecule has 1 N–H and O–H groups in total. The van der Waals surface area contributed by atoms with Gasteiger partial charge in [-0.3, -0.25) is 10.1 Å². The molecule has 0 aliphatic heterocycles. The molecule has 0 amide bonds. The smallest absolute Gasteiger partial charge is 0.282 e. The monoisotopic (exact) mass is 266 g/mol. The molecule has 1 aliphatic rings. The first kappa shape index (κ1) is 13.4. The maximum absolute atomic E-state index is 10.9. The maximum Gasteiger partial charge on any atom is 0.282 e. The van der Waals surface area contributed by atoms with Gasteiger partial charge in [-0.1, -0.05) is 19.1 Å². The fourth-order valence-corrected chi connectivity index (χ4v) is 3.25. The van der Waals surface area contributed by atoms with Gasteiger partial charge in [-0.15, -0.1) is 11.8 Å². The van der Waals surface area contributed by atoms with Crippen LogP contribution in [0.5, 0.6) is 0 Å². The topological polar surface area (TPSA) is 55.2 Å². The Bertz CT molecular complexity index is 421. The van der Waals surface area contributed by atoms with Crippen LogP contribution in [0.3, 0.4) is 0 Å². The molecule has 1 aliphatic carbocycles. The fourth-order valence-electron chi connectivity index (χ4n) is 2.03. The molecule has 0 saturated heterocycles. The number of nitrogens with zero attached hydrogens (tertiary/aromatic N) is 1. The van der Waals surface area contributed by atoms with Gasteiger partial charge in [0.1, 0.15) is 0 Å². The Balaban J connectivity index is 1.98. The fraction of sp³-hybridized carbons (Fsp3) is 0.538. The van der Waals surface area contributed by atoms with E-state index < -0.39 is 0 Å². The highest BCUT2D eigenvalue weighted by molar-refractivity contribution is 7.99. The Morgan fingerprint density at radius 2 is 2.22 bits per heavy atom. The number of hydrogen-bond acceptors (Lipinski definition) is 4. The van der Waals surface area contributed by atoms with Crippen molar-refractivity contribution >= 4 is 17.4 Å². The number of benzene rings is 1. The van der Waals surface area contributed by atoms with Crippen molar-refractivity contribution in [1.82, 2.24) is 5.32 Å². The molecule has 0 heterocycles. The molecular weight excluding hydrogens is 248 g/mol. The number of nitrogens with one attached hydrogen (secondary N) is 1. The third-order valence-corrected chi connectivity index (χ3v) is 4.32. The van der Waals surface area contributed by atoms with Crippen molar-refractivity contribution in [3.8, 4) is 0 Å². The third-order valence-electron chi connectivity index (χ3n) is 3.14. The minimum Gasteiger partial charge on any atom is -0.313 e. The number of rotatable bonds is 7. The zero-order valence-corrected chi connectivity index (χ0v) is 11.3. The Morgan fingerprint density at radius 1 is 1.50 bits per heavy atom. The van der Waals surface area contributed by atoms with Gasteiger partial charge in [0.25, 0.3) is 5.69 Å². The van der Waals surface area contributed by atoms with E-state index in [9.17, 15) is 10.1 Å². The van der Waals surface area contributed by atoms with Crippen molar-refractivity contribution in [2.45, 2.75) is 30.7 Å². The third kappa shape index (κ3) is 3.46. The highest BCUT2D eigenvalue weighted by Crippen LogP contribution is 2.36. The summed E-state index contributed by atoms with van der Waals surface area (Å²) >= 11 is 1.59. The van der Waals surface area contributed by atoms with Crippen LogP contribution >= 0.6 is 11.8 Å². The largest absolute Gasteiger partial charge is 0.313 e. The lowest BCUT2D eigenvalue weighted by atomic mass is 10.2. The van der Waals surface area contributed by atoms with E-state index in [1.807, 2.05) is 12.1 Å². The van der Waals surface area contributed by atoms with Gasteiger partial charge in [-0.05, 0) is 31.4 Å². The predicted molar refractivity (Wildman–Crippen MR) is 74.0 cm³/mol. The van der Waals surface area contributed by atoms with Crippen molar-refractivity contribution in [2.24, 2.45) is 5.92 Å². The van der Waals surface area contributed by atoms with Gasteiger partial charge in [-0.25, -0.2) is 0 Å². The summed E-state index contributed by atoms with van der Waals surface area (Å²) in [7, 11) is 0. The maximum atomic E-state index is 10.9. The molecule has 1 aromatic carbocycles. The van der Waals surface area contributed by atoms with Crippen molar-refractivity contribution in [2.75, 3.05) is 12.3 Å². The van der Waals surface area contributed by atoms with Gasteiger partial charge in [0.05, 0.1) is 9.82 Å². The summed E-state index contributed by atoms with van der Waals surface area (Å²) in [4.78, 5) is 11.4. The van der Waals surface area contributed by atoms with Crippen LogP contribution in [0.25, 0.3) is 0 Å². The molecule has 1 fully saturated rings. The summed E-state index contributed by atoms with van der Waals surface area (Å²) in [5.74, 6) is 1.67. The minimum absolute atomic E-state index is 0.216. The van der Waals surface area contributed by atoms with Crippen molar-refractivity contribution in [3.05, 3.63) is 34.4 Å². The Kier molecular flexibility index (Phi) is 4.60. The molecule has 1 saturated carbocycles. The van der Waals surface area contributed by atoms with Crippen LogP contribution in [0, 0.1) is 16.0 Å². The minimum atomic E-state index is -0.304. The highest BCUT2D eigenvalue weighted by Gasteiger charge is 2.30. The quantitative estimate of drug-likeness (QED) is 0.468. The summed E-state index contributed by atoms with van der Waals surface area (Å²) in [5.41, 5.74) is 0.216. The van der Waals surface area contributed by atoms with E-state index in [-0.39, 0.29) is 10.6 Å². The predicted octanol–water partition coefficient (Wildman–Crippen LogP) is 3.08. The average Bonchev–Trinajstić information content (AvgIpc) is 3.19. The van der Waals surface area contributed by atoms with E-state index in [1.54, 1.807) is 23.9 Å². The van der Waals surface area contributed by atoms with E-state index in [1.165, 1.54) is 12.8 Å². The van der Waals surface area contributed by atoms with Crippen molar-refractivity contribution < 1.29 is 4.92 Å². The lowest BCUT2D eigenvalue weighted by Crippen LogP contribution is -2.33. The zero-order valence-electron chi connectivity index (χ0n) is 10.5. The van der Waals surface area contributed by atoms with E-state index in [0.717, 1.165) is 23.1 Å². The molecule has 1 aromatic rings. The molecule has 5 heteroatoms. The van der Waals surface area contributed by atoms with Crippen LogP contribution < -0.4 is 5.32 Å². The first-order valence-electron chi connectivity index (χ1n) is 6.32. The van der Waals surface area contributed by atoms with Gasteiger partial charge in [0.15, 0.2) is 0 Å².